The lowest BCUT2D eigenvalue weighted by Crippen LogP contribution is -1.74. The first kappa shape index (κ1) is 13.3. The Bertz CT molecular complexity index is 164. The Labute approximate surface area is 78.8 Å². The highest BCUT2D eigenvalue weighted by Gasteiger charge is 1.87. The standard InChI is InChI=1S/C8H11Br.C2H6/c1-6(2)7(3)5-8(4)9;1-2/h5H,1,4H2,2-3H3;1-2H3/b7-5-;. The van der Waals surface area contributed by atoms with Crippen molar-refractivity contribution in [2.24, 2.45) is 0 Å². The number of hydrogen-bond donors (Lipinski definition) is 0. The van der Waals surface area contributed by atoms with Crippen LogP contribution in [-0.2, 0) is 0 Å². The lowest BCUT2D eigenvalue weighted by molar-refractivity contribution is 1.36. The molecule has 0 aliphatic carbocycles. The van der Waals surface area contributed by atoms with Crippen molar-refractivity contribution in [3.63, 3.8) is 0 Å². The van der Waals surface area contributed by atoms with Crippen LogP contribution in [0.15, 0.2) is 34.9 Å². The van der Waals surface area contributed by atoms with Crippen LogP contribution in [0.25, 0.3) is 0 Å². The van der Waals surface area contributed by atoms with Gasteiger partial charge in [-0.15, -0.1) is 0 Å². The largest absolute Gasteiger partial charge is 0.0958 e. The van der Waals surface area contributed by atoms with E-state index in [4.69, 9.17) is 0 Å². The molecule has 0 aromatic heterocycles. The average molecular weight is 217 g/mol. The summed E-state index contributed by atoms with van der Waals surface area (Å²) < 4.78 is 0.892. The fraction of sp³-hybridized carbons (Fsp3) is 0.400. The van der Waals surface area contributed by atoms with Gasteiger partial charge < -0.3 is 0 Å². The van der Waals surface area contributed by atoms with Gasteiger partial charge >= 0.3 is 0 Å². The molecular weight excluding hydrogens is 200 g/mol. The highest BCUT2D eigenvalue weighted by molar-refractivity contribution is 9.11. The van der Waals surface area contributed by atoms with Gasteiger partial charge in [-0.25, -0.2) is 0 Å². The van der Waals surface area contributed by atoms with E-state index in [0.717, 1.165) is 15.6 Å². The predicted octanol–water partition coefficient (Wildman–Crippen LogP) is 4.44. The van der Waals surface area contributed by atoms with E-state index in [1.54, 1.807) is 0 Å². The van der Waals surface area contributed by atoms with Crippen LogP contribution in [0, 0.1) is 0 Å². The lowest BCUT2D eigenvalue weighted by atomic mass is 10.1. The topological polar surface area (TPSA) is 0 Å². The Balaban J connectivity index is 0. The third-order valence-corrected chi connectivity index (χ3v) is 1.28. The fourth-order valence-electron chi connectivity index (χ4n) is 0.358. The molecule has 0 aliphatic rings. The monoisotopic (exact) mass is 216 g/mol. The summed E-state index contributed by atoms with van der Waals surface area (Å²) in [4.78, 5) is 0. The summed E-state index contributed by atoms with van der Waals surface area (Å²) in [6, 6.07) is 0. The number of allylic oxidation sites excluding steroid dienone is 4. The molecule has 1 heteroatoms. The first-order chi connectivity index (χ1) is 5.04. The molecule has 0 unspecified atom stereocenters. The second kappa shape index (κ2) is 7.80. The van der Waals surface area contributed by atoms with Crippen LogP contribution in [0.5, 0.6) is 0 Å². The molecule has 11 heavy (non-hydrogen) atoms. The van der Waals surface area contributed by atoms with Crippen molar-refractivity contribution >= 4 is 15.9 Å². The van der Waals surface area contributed by atoms with Crippen LogP contribution < -0.4 is 0 Å². The Kier molecular flexibility index (Phi) is 9.44. The minimum atomic E-state index is 0.892. The molecule has 0 spiro atoms. The van der Waals surface area contributed by atoms with Gasteiger partial charge in [0.1, 0.15) is 0 Å². The Hall–Kier alpha value is -0.300. The van der Waals surface area contributed by atoms with Gasteiger partial charge in [-0.1, -0.05) is 48.5 Å². The summed E-state index contributed by atoms with van der Waals surface area (Å²) in [5.41, 5.74) is 2.24. The summed E-state index contributed by atoms with van der Waals surface area (Å²) in [6.45, 7) is 15.4. The number of hydrogen-bond acceptors (Lipinski definition) is 0. The average Bonchev–Trinajstić information content (AvgIpc) is 1.90. The second-order valence-electron chi connectivity index (χ2n) is 2.05. The zero-order valence-corrected chi connectivity index (χ0v) is 9.46. The van der Waals surface area contributed by atoms with Gasteiger partial charge in [0.05, 0.1) is 0 Å². The Morgan fingerprint density at radius 1 is 1.18 bits per heavy atom. The zero-order chi connectivity index (χ0) is 9.44. The van der Waals surface area contributed by atoms with E-state index >= 15 is 0 Å². The van der Waals surface area contributed by atoms with E-state index in [9.17, 15) is 0 Å². The van der Waals surface area contributed by atoms with Crippen molar-refractivity contribution in [3.05, 3.63) is 34.9 Å². The van der Waals surface area contributed by atoms with Gasteiger partial charge in [-0.05, 0) is 25.5 Å². The molecule has 0 bridgehead atoms. The van der Waals surface area contributed by atoms with Crippen LogP contribution in [0.3, 0.4) is 0 Å². The normalized spacial score (nSPS) is 9.73. The van der Waals surface area contributed by atoms with E-state index in [1.807, 2.05) is 33.8 Å². The molecular formula is C10H17Br. The van der Waals surface area contributed by atoms with Crippen molar-refractivity contribution in [3.8, 4) is 0 Å². The third-order valence-electron chi connectivity index (χ3n) is 1.05. The molecule has 0 atom stereocenters. The van der Waals surface area contributed by atoms with Crippen molar-refractivity contribution in [1.29, 1.82) is 0 Å². The predicted molar refractivity (Wildman–Crippen MR) is 58.0 cm³/mol. The highest BCUT2D eigenvalue weighted by Crippen LogP contribution is 2.11. The van der Waals surface area contributed by atoms with Crippen molar-refractivity contribution < 1.29 is 0 Å². The molecule has 0 amide bonds. The molecule has 0 aromatic carbocycles. The van der Waals surface area contributed by atoms with Gasteiger partial charge in [0.25, 0.3) is 0 Å². The molecule has 0 radical (unpaired) electrons. The van der Waals surface area contributed by atoms with Gasteiger partial charge in [-0.2, -0.15) is 0 Å². The van der Waals surface area contributed by atoms with Gasteiger partial charge in [0, 0.05) is 4.48 Å². The molecule has 0 saturated heterocycles. The summed E-state index contributed by atoms with van der Waals surface area (Å²) >= 11 is 3.23. The van der Waals surface area contributed by atoms with Crippen LogP contribution in [-0.4, -0.2) is 0 Å². The molecule has 0 aliphatic heterocycles. The molecule has 0 heterocycles. The first-order valence-corrected chi connectivity index (χ1v) is 4.52. The molecule has 0 aromatic rings. The smallest absolute Gasteiger partial charge is 0.0106 e. The lowest BCUT2D eigenvalue weighted by Gasteiger charge is -1.95. The minimum absolute atomic E-state index is 0.892. The Morgan fingerprint density at radius 2 is 1.55 bits per heavy atom. The number of halogens is 1. The third kappa shape index (κ3) is 9.70. The SMILES string of the molecule is C=C(Br)/C=C(/C)C(=C)C.CC. The summed E-state index contributed by atoms with van der Waals surface area (Å²) in [6.07, 6.45) is 1.95. The molecule has 0 N–H and O–H groups in total. The minimum Gasteiger partial charge on any atom is -0.0958 e. The maximum absolute atomic E-state index is 3.78. The number of rotatable bonds is 2. The molecule has 0 saturated carbocycles. The highest BCUT2D eigenvalue weighted by atomic mass is 79.9. The van der Waals surface area contributed by atoms with E-state index in [-0.39, 0.29) is 0 Å². The van der Waals surface area contributed by atoms with Crippen LogP contribution >= 0.6 is 15.9 Å². The van der Waals surface area contributed by atoms with Crippen LogP contribution in [0.4, 0.5) is 0 Å². The zero-order valence-electron chi connectivity index (χ0n) is 7.87. The van der Waals surface area contributed by atoms with Crippen LogP contribution in [0.2, 0.25) is 0 Å². The van der Waals surface area contributed by atoms with Gasteiger partial charge in [-0.3, -0.25) is 0 Å². The quantitative estimate of drug-likeness (QED) is 0.599. The van der Waals surface area contributed by atoms with E-state index in [1.165, 1.54) is 0 Å². The van der Waals surface area contributed by atoms with Gasteiger partial charge in [0.2, 0.25) is 0 Å². The van der Waals surface area contributed by atoms with Crippen LogP contribution in [0.1, 0.15) is 27.7 Å². The summed E-state index contributed by atoms with van der Waals surface area (Å²) in [5.74, 6) is 0. The van der Waals surface area contributed by atoms with Crippen molar-refractivity contribution in [1.82, 2.24) is 0 Å². The molecule has 0 fully saturated rings. The summed E-state index contributed by atoms with van der Waals surface area (Å²) in [7, 11) is 0. The molecule has 0 nitrogen and oxygen atoms in total. The fourth-order valence-corrected chi connectivity index (χ4v) is 0.702. The maximum Gasteiger partial charge on any atom is 0.0106 e. The van der Waals surface area contributed by atoms with Crippen molar-refractivity contribution in [2.75, 3.05) is 0 Å². The molecule has 0 rings (SSSR count). The Morgan fingerprint density at radius 3 is 1.64 bits per heavy atom. The van der Waals surface area contributed by atoms with Crippen molar-refractivity contribution in [2.45, 2.75) is 27.7 Å². The van der Waals surface area contributed by atoms with Gasteiger partial charge in [0.15, 0.2) is 0 Å². The van der Waals surface area contributed by atoms with E-state index in [0.29, 0.717) is 0 Å². The first-order valence-electron chi connectivity index (χ1n) is 3.72. The summed E-state index contributed by atoms with van der Waals surface area (Å²) in [5, 5.41) is 0. The van der Waals surface area contributed by atoms with E-state index in [2.05, 4.69) is 29.1 Å². The maximum atomic E-state index is 3.78. The second-order valence-corrected chi connectivity index (χ2v) is 3.07. The molecule has 64 valence electrons. The van der Waals surface area contributed by atoms with E-state index < -0.39 is 0 Å².